The minimum atomic E-state index is -4.78. The smallest absolute Gasteiger partial charge is 0.420 e. The molecule has 664 valence electrons. The van der Waals surface area contributed by atoms with E-state index in [-0.39, 0.29) is 46.2 Å². The van der Waals surface area contributed by atoms with E-state index in [4.69, 9.17) is 46.1 Å². The van der Waals surface area contributed by atoms with Gasteiger partial charge in [-0.15, -0.1) is 43.9 Å². The van der Waals surface area contributed by atoms with Crippen molar-refractivity contribution >= 4 is 92.9 Å². The number of alkyl halides is 12. The van der Waals surface area contributed by atoms with Crippen LogP contribution in [0.2, 0.25) is 0 Å². The van der Waals surface area contributed by atoms with Gasteiger partial charge in [0.25, 0.3) is 23.6 Å². The third-order valence-electron chi connectivity index (χ3n) is 23.2. The number of nitrogens with two attached hydrogens (primary N) is 4. The average molecular weight is 1810 g/mol. The Morgan fingerprint density at radius 1 is 0.367 bits per heavy atom. The van der Waals surface area contributed by atoms with Crippen LogP contribution < -0.4 is 82.7 Å². The molecule has 0 bridgehead atoms. The number of hydrogen-bond acceptors (Lipinski definition) is 24. The van der Waals surface area contributed by atoms with Crippen molar-refractivity contribution in [3.8, 4) is 68.0 Å². The fourth-order valence-corrected chi connectivity index (χ4v) is 16.6. The molecule has 44 heteroatoms. The van der Waals surface area contributed by atoms with Gasteiger partial charge in [-0.05, 0) is 194 Å². The molecule has 20 rings (SSSR count). The zero-order valence-electron chi connectivity index (χ0n) is 66.6. The third kappa shape index (κ3) is 20.2. The maximum absolute atomic E-state index is 12.8. The van der Waals surface area contributed by atoms with Crippen LogP contribution in [0.1, 0.15) is 54.3 Å². The number of hydrogen-bond donors (Lipinski definition) is 12. The summed E-state index contributed by atoms with van der Waals surface area (Å²) in [5, 5.41) is 38.4. The van der Waals surface area contributed by atoms with Crippen LogP contribution in [0.5, 0.6) is 23.0 Å². The summed E-state index contributed by atoms with van der Waals surface area (Å²) >= 11 is 9.51. The molecule has 10 atom stereocenters. The van der Waals surface area contributed by atoms with Crippen molar-refractivity contribution in [3.63, 3.8) is 0 Å². The summed E-state index contributed by atoms with van der Waals surface area (Å²) < 4.78 is 141. The lowest BCUT2D eigenvalue weighted by molar-refractivity contribution is -0.275. The predicted molar refractivity (Wildman–Crippen MR) is 450 cm³/mol. The number of carbonyl (C=O) groups is 4. The molecular formula is C84H76Cl2F10N24O8. The number of H-pyrrole nitrogens is 4. The van der Waals surface area contributed by atoms with Crippen LogP contribution in [-0.4, -0.2) is 184 Å². The average Bonchev–Trinajstić information content (AvgIpc) is 1.86. The van der Waals surface area contributed by atoms with Gasteiger partial charge in [0.1, 0.15) is 46.3 Å². The van der Waals surface area contributed by atoms with E-state index in [1.54, 1.807) is 61.2 Å². The van der Waals surface area contributed by atoms with Crippen LogP contribution >= 0.6 is 23.2 Å². The van der Waals surface area contributed by atoms with Crippen molar-refractivity contribution in [2.45, 2.75) is 59.9 Å². The summed E-state index contributed by atoms with van der Waals surface area (Å²) in [7, 11) is 0. The second-order valence-electron chi connectivity index (χ2n) is 32.0. The maximum atomic E-state index is 12.8. The van der Waals surface area contributed by atoms with Gasteiger partial charge in [0, 0.05) is 193 Å². The number of pyridine rings is 4. The quantitative estimate of drug-likeness (QED) is 0.0221. The van der Waals surface area contributed by atoms with Gasteiger partial charge in [-0.25, -0.2) is 19.9 Å². The first-order valence-corrected chi connectivity index (χ1v) is 40.5. The molecule has 8 aliphatic rings. The van der Waals surface area contributed by atoms with E-state index >= 15 is 0 Å². The van der Waals surface area contributed by atoms with Gasteiger partial charge in [-0.3, -0.25) is 39.6 Å². The topological polar surface area (TPSA) is 437 Å². The Morgan fingerprint density at radius 3 is 0.820 bits per heavy atom. The number of halogens is 12. The van der Waals surface area contributed by atoms with Gasteiger partial charge in [-0.2, -0.15) is 20.4 Å². The van der Waals surface area contributed by atoms with Gasteiger partial charge in [-0.1, -0.05) is 0 Å². The SMILES string of the molecule is NC12CC1CN(c1ncc(C(=O)Nc3ccc(OC(F)(F)Cl)cc3)cc1-c1ccn[nH]1)C2.NC12CC1CN(c1ncc(C(=O)Nc3ccc(OC(F)(F)F)cc3)cc1-c1ccn[nH]1)C2.NC1[C@H]2CN(c3ncc(C(=O)Nc4ccc(OC(F)(F)Cl)cc4)cc3-c3ccn[nH]3)C[C@@H]12.NC1[C@H]2CN(c3ncc(C(=O)Nc4ccc(OC(F)(F)F)cc4)cc3-c3ccn[nH]3)C[C@@H]12. The number of nitrogens with zero attached hydrogens (tertiary/aromatic N) is 12. The van der Waals surface area contributed by atoms with E-state index < -0.39 is 47.5 Å². The number of nitrogens with one attached hydrogen (secondary N) is 8. The molecule has 8 aromatic heterocycles. The minimum absolute atomic E-state index is 0.126. The molecule has 4 aliphatic heterocycles. The summed E-state index contributed by atoms with van der Waals surface area (Å²) in [4.78, 5) is 78.0. The molecule has 4 saturated heterocycles. The predicted octanol–water partition coefficient (Wildman–Crippen LogP) is 12.9. The highest BCUT2D eigenvalue weighted by Crippen LogP contribution is 2.52. The summed E-state index contributed by atoms with van der Waals surface area (Å²) in [5.41, 5.74) is 25.4. The van der Waals surface area contributed by atoms with Crippen molar-refractivity contribution in [3.05, 3.63) is 217 Å². The molecule has 6 unspecified atom stereocenters. The number of rotatable bonds is 22. The van der Waals surface area contributed by atoms with Crippen molar-refractivity contribution in [2.24, 2.45) is 58.4 Å². The number of ether oxygens (including phenoxy) is 4. The lowest BCUT2D eigenvalue weighted by atomic mass is 10.1. The molecule has 16 N–H and O–H groups in total. The molecule has 8 fully saturated rings. The summed E-state index contributed by atoms with van der Waals surface area (Å²) in [6, 6.07) is 35.3. The summed E-state index contributed by atoms with van der Waals surface area (Å²) in [6.45, 7) is 6.35. The van der Waals surface area contributed by atoms with Gasteiger partial charge in [0.2, 0.25) is 0 Å². The molecule has 0 spiro atoms. The van der Waals surface area contributed by atoms with Crippen molar-refractivity contribution in [1.82, 2.24) is 60.7 Å². The first-order valence-electron chi connectivity index (χ1n) is 39.7. The van der Waals surface area contributed by atoms with Crippen LogP contribution in [0.15, 0.2) is 195 Å². The number of aromatic nitrogens is 12. The second-order valence-corrected chi connectivity index (χ2v) is 32.9. The van der Waals surface area contributed by atoms with E-state index in [1.807, 2.05) is 12.1 Å². The monoisotopic (exact) mass is 1810 g/mol. The molecule has 12 aromatic rings. The van der Waals surface area contributed by atoms with Crippen LogP contribution in [0, 0.1) is 35.5 Å². The van der Waals surface area contributed by atoms with E-state index in [2.05, 4.69) is 121 Å². The largest absolute Gasteiger partial charge is 0.573 e. The van der Waals surface area contributed by atoms with Crippen LogP contribution in [0.4, 0.5) is 89.9 Å². The Kier molecular flexibility index (Phi) is 23.1. The van der Waals surface area contributed by atoms with Gasteiger partial charge >= 0.3 is 23.9 Å². The highest BCUT2D eigenvalue weighted by atomic mass is 35.5. The van der Waals surface area contributed by atoms with Crippen LogP contribution in [-0.2, 0) is 0 Å². The molecular weight excluding hydrogens is 1730 g/mol. The lowest BCUT2D eigenvalue weighted by Crippen LogP contribution is -2.34. The summed E-state index contributed by atoms with van der Waals surface area (Å²) in [5.74, 6) is 3.13. The zero-order valence-corrected chi connectivity index (χ0v) is 68.2. The summed E-state index contributed by atoms with van der Waals surface area (Å²) in [6.07, 6.45) is 4.95. The number of amides is 4. The number of carbonyl (C=O) groups excluding carboxylic acids is 4. The van der Waals surface area contributed by atoms with Gasteiger partial charge in [0.05, 0.1) is 45.0 Å². The number of benzene rings is 4. The van der Waals surface area contributed by atoms with E-state index in [0.29, 0.717) is 105 Å². The Morgan fingerprint density at radius 2 is 0.609 bits per heavy atom. The van der Waals surface area contributed by atoms with E-state index in [0.717, 1.165) is 133 Å². The number of piperidine rings is 4. The lowest BCUT2D eigenvalue weighted by Gasteiger charge is -2.23. The Balaban J connectivity index is 0.000000120. The van der Waals surface area contributed by atoms with Crippen molar-refractivity contribution in [2.75, 3.05) is 93.2 Å². The molecule has 0 radical (unpaired) electrons. The van der Waals surface area contributed by atoms with Crippen molar-refractivity contribution < 1.29 is 82.0 Å². The molecule has 4 aliphatic carbocycles. The van der Waals surface area contributed by atoms with Crippen molar-refractivity contribution in [1.29, 1.82) is 0 Å². The maximum Gasteiger partial charge on any atom is 0.573 e. The molecule has 4 amide bonds. The van der Waals surface area contributed by atoms with Crippen LogP contribution in [0.25, 0.3) is 45.0 Å². The highest BCUT2D eigenvalue weighted by Gasteiger charge is 2.60. The number of fused-ring (bicyclic) bond motifs is 4. The number of anilines is 8. The molecule has 4 saturated carbocycles. The Bertz CT molecular complexity index is 5640. The Labute approximate surface area is 729 Å². The molecule has 32 nitrogen and oxygen atoms in total. The van der Waals surface area contributed by atoms with Crippen LogP contribution in [0.3, 0.4) is 0 Å². The minimum Gasteiger partial charge on any atom is -0.420 e. The van der Waals surface area contributed by atoms with E-state index in [1.165, 1.54) is 97.6 Å². The zero-order chi connectivity index (χ0) is 89.9. The standard InChI is InChI=1S/2C21H19ClF2N6O2.2C21H19F3N6O2/c22-21(23,24)32-15-3-1-14(2-4-15)28-19(31)12-7-16(17-5-6-27-29-17)18(26-9-12)30-10-13-8-20(13,25)11-30;22-21(23,24)32-13-3-1-12(2-4-13)28-20(31)11-7-14(17-5-6-27-29-17)19(26-8-11)30-9-15-16(10-30)18(15)25;22-21(23,24)32-15-3-1-14(2-4-15)28-19(31)12-7-16(17-5-6-27-29-17)18(26-9-12)30-10-13-8-20(13,25)11-30;22-21(23,24)32-13-3-1-12(2-4-13)28-20(31)11-7-14(17-5-6-27-29-17)19(26-8-11)30-9-15-16(10-30)18(15)25/h1-7,9,13H,8,10-11,25H2,(H,27,29)(H,28,31);1-8,15-16,18H,9-10,25H2,(H,27,29)(H,28,31);1-7,9,13H,8,10-11,25H2,(H,27,29)(H,28,31);1-8,15-16,18H,9-10,25H2,(H,27,29)(H,28,31)/t;15-,16+,18?;;15-,16+,18?. The van der Waals surface area contributed by atoms with E-state index in [9.17, 15) is 63.1 Å². The third-order valence-corrected chi connectivity index (χ3v) is 23.3. The molecule has 4 aromatic carbocycles. The second kappa shape index (κ2) is 34.2. The Hall–Kier alpha value is -13.7. The fourth-order valence-electron chi connectivity index (χ4n) is 16.4. The first kappa shape index (κ1) is 86.4. The first-order chi connectivity index (χ1) is 61.0. The normalized spacial score (nSPS) is 21.9. The fraction of sp³-hybridized carbons (Fsp3) is 0.286. The van der Waals surface area contributed by atoms with Gasteiger partial charge < -0.3 is 82.7 Å². The molecule has 12 heterocycles. The van der Waals surface area contributed by atoms with Gasteiger partial charge in [0.15, 0.2) is 0 Å². The molecule has 128 heavy (non-hydrogen) atoms. The number of aromatic amines is 4. The highest BCUT2D eigenvalue weighted by molar-refractivity contribution is 6.21.